The van der Waals surface area contributed by atoms with Crippen LogP contribution in [0.3, 0.4) is 0 Å². The summed E-state index contributed by atoms with van der Waals surface area (Å²) in [5.74, 6) is -1.22. The van der Waals surface area contributed by atoms with Crippen molar-refractivity contribution in [3.8, 4) is 0 Å². The van der Waals surface area contributed by atoms with Gasteiger partial charge in [0.15, 0.2) is 0 Å². The summed E-state index contributed by atoms with van der Waals surface area (Å²) in [6, 6.07) is 7.41. The lowest BCUT2D eigenvalue weighted by molar-refractivity contribution is -0.117. The second kappa shape index (κ2) is 5.50. The van der Waals surface area contributed by atoms with Crippen LogP contribution in [0.2, 0.25) is 0 Å². The summed E-state index contributed by atoms with van der Waals surface area (Å²) < 4.78 is 34.0. The van der Waals surface area contributed by atoms with Gasteiger partial charge in [-0.1, -0.05) is 12.1 Å². The van der Waals surface area contributed by atoms with E-state index in [1.165, 1.54) is 11.8 Å². The highest BCUT2D eigenvalue weighted by Gasteiger charge is 2.34. The fourth-order valence-electron chi connectivity index (χ4n) is 2.26. The number of anilines is 1. The molecule has 19 heavy (non-hydrogen) atoms. The Morgan fingerprint density at radius 3 is 2.74 bits per heavy atom. The van der Waals surface area contributed by atoms with E-state index in [1.54, 1.807) is 4.90 Å². The predicted octanol–water partition coefficient (Wildman–Crippen LogP) is 2.06. The Morgan fingerprint density at radius 1 is 1.42 bits per heavy atom. The van der Waals surface area contributed by atoms with Crippen molar-refractivity contribution in [3.63, 3.8) is 0 Å². The lowest BCUT2D eigenvalue weighted by Gasteiger charge is -2.19. The van der Waals surface area contributed by atoms with E-state index in [9.17, 15) is 17.1 Å². The topological polar surface area (TPSA) is 54.5 Å². The molecule has 7 heteroatoms. The van der Waals surface area contributed by atoms with Crippen LogP contribution in [0.1, 0.15) is 6.42 Å². The second-order valence-corrected chi connectivity index (χ2v) is 6.71. The van der Waals surface area contributed by atoms with Gasteiger partial charge in [0.25, 0.3) is 0 Å². The number of amides is 1. The maximum Gasteiger partial charge on any atom is 0.302 e. The quantitative estimate of drug-likeness (QED) is 0.631. The van der Waals surface area contributed by atoms with Crippen LogP contribution in [0.4, 0.5) is 9.57 Å². The van der Waals surface area contributed by atoms with E-state index in [2.05, 4.69) is 0 Å². The molecule has 1 fully saturated rings. The molecular weight excluding hydrogens is 289 g/mol. The number of halogens is 1. The molecule has 0 saturated carbocycles. The van der Waals surface area contributed by atoms with Gasteiger partial charge in [0.1, 0.15) is 0 Å². The Balaban J connectivity index is 2.20. The average molecular weight is 303 g/mol. The van der Waals surface area contributed by atoms with E-state index >= 15 is 0 Å². The summed E-state index contributed by atoms with van der Waals surface area (Å²) in [4.78, 5) is 14.4. The third-order valence-corrected chi connectivity index (χ3v) is 4.67. The Labute approximate surface area is 116 Å². The SMILES string of the molecule is CSc1ccccc1N1CC(CS(=O)(=O)F)CC1=O. The van der Waals surface area contributed by atoms with Crippen molar-refractivity contribution < 1.29 is 17.1 Å². The van der Waals surface area contributed by atoms with Crippen LogP contribution >= 0.6 is 11.8 Å². The molecule has 1 unspecified atom stereocenters. The minimum atomic E-state index is -4.54. The normalized spacial score (nSPS) is 20.0. The van der Waals surface area contributed by atoms with Crippen molar-refractivity contribution in [1.82, 2.24) is 0 Å². The van der Waals surface area contributed by atoms with E-state index < -0.39 is 21.9 Å². The minimum Gasteiger partial charge on any atom is -0.311 e. The van der Waals surface area contributed by atoms with E-state index in [1.807, 2.05) is 30.5 Å². The Hall–Kier alpha value is -1.08. The number of nitrogens with zero attached hydrogens (tertiary/aromatic N) is 1. The second-order valence-electron chi connectivity index (χ2n) is 4.45. The predicted molar refractivity (Wildman–Crippen MR) is 73.6 cm³/mol. The van der Waals surface area contributed by atoms with Gasteiger partial charge in [-0.25, -0.2) is 0 Å². The van der Waals surface area contributed by atoms with E-state index in [0.717, 1.165) is 10.6 Å². The molecule has 2 rings (SSSR count). The zero-order valence-corrected chi connectivity index (χ0v) is 12.0. The van der Waals surface area contributed by atoms with Crippen molar-refractivity contribution in [2.45, 2.75) is 11.3 Å². The smallest absolute Gasteiger partial charge is 0.302 e. The molecule has 0 radical (unpaired) electrons. The van der Waals surface area contributed by atoms with Gasteiger partial charge >= 0.3 is 10.2 Å². The molecule has 1 amide bonds. The maximum absolute atomic E-state index is 12.7. The minimum absolute atomic E-state index is 0.0753. The van der Waals surface area contributed by atoms with Gasteiger partial charge in [0, 0.05) is 23.8 Å². The van der Waals surface area contributed by atoms with Gasteiger partial charge in [-0.2, -0.15) is 8.42 Å². The molecule has 0 spiro atoms. The van der Waals surface area contributed by atoms with Crippen molar-refractivity contribution in [2.75, 3.05) is 23.5 Å². The van der Waals surface area contributed by atoms with Gasteiger partial charge in [0.05, 0.1) is 11.4 Å². The van der Waals surface area contributed by atoms with Crippen LogP contribution in [0.5, 0.6) is 0 Å². The highest BCUT2D eigenvalue weighted by molar-refractivity contribution is 7.98. The van der Waals surface area contributed by atoms with Gasteiger partial charge in [-0.05, 0) is 18.4 Å². The summed E-state index contributed by atoms with van der Waals surface area (Å²) in [6.45, 7) is 0.250. The Morgan fingerprint density at radius 2 is 2.11 bits per heavy atom. The fourth-order valence-corrected chi connectivity index (χ4v) is 3.65. The largest absolute Gasteiger partial charge is 0.311 e. The third kappa shape index (κ3) is 3.48. The molecule has 1 atom stereocenters. The van der Waals surface area contributed by atoms with Gasteiger partial charge < -0.3 is 4.90 Å². The number of rotatable bonds is 4. The summed E-state index contributed by atoms with van der Waals surface area (Å²) in [5.41, 5.74) is 0.763. The van der Waals surface area contributed by atoms with Crippen LogP contribution in [0.15, 0.2) is 29.2 Å². The van der Waals surface area contributed by atoms with Crippen LogP contribution in [0.25, 0.3) is 0 Å². The highest BCUT2D eigenvalue weighted by atomic mass is 32.3. The highest BCUT2D eigenvalue weighted by Crippen LogP contribution is 2.33. The van der Waals surface area contributed by atoms with Gasteiger partial charge in [-0.3, -0.25) is 4.79 Å². The summed E-state index contributed by atoms with van der Waals surface area (Å²) in [6.07, 6.45) is 1.98. The molecule has 1 heterocycles. The summed E-state index contributed by atoms with van der Waals surface area (Å²) in [7, 11) is -4.54. The molecule has 0 N–H and O–H groups in total. The van der Waals surface area contributed by atoms with Crippen LogP contribution < -0.4 is 4.90 Å². The molecule has 1 aliphatic heterocycles. The molecule has 1 aliphatic rings. The van der Waals surface area contributed by atoms with Crippen LogP contribution in [0, 0.1) is 5.92 Å². The van der Waals surface area contributed by atoms with Crippen LogP contribution in [-0.2, 0) is 15.0 Å². The van der Waals surface area contributed by atoms with Gasteiger partial charge in [0.2, 0.25) is 5.91 Å². The summed E-state index contributed by atoms with van der Waals surface area (Å²) >= 11 is 1.51. The number of carbonyl (C=O) groups excluding carboxylic acids is 1. The summed E-state index contributed by atoms with van der Waals surface area (Å²) in [5, 5.41) is 0. The van der Waals surface area contributed by atoms with Crippen molar-refractivity contribution in [2.24, 2.45) is 5.92 Å². The van der Waals surface area contributed by atoms with E-state index in [0.29, 0.717) is 0 Å². The number of carbonyl (C=O) groups is 1. The zero-order valence-electron chi connectivity index (χ0n) is 10.4. The molecule has 1 saturated heterocycles. The van der Waals surface area contributed by atoms with Crippen molar-refractivity contribution in [1.29, 1.82) is 0 Å². The van der Waals surface area contributed by atoms with Gasteiger partial charge in [-0.15, -0.1) is 15.6 Å². The molecule has 1 aromatic carbocycles. The first-order valence-electron chi connectivity index (χ1n) is 5.76. The Kier molecular flexibility index (Phi) is 4.15. The number of thioether (sulfide) groups is 1. The maximum atomic E-state index is 12.7. The lowest BCUT2D eigenvalue weighted by Crippen LogP contribution is -2.25. The first-order valence-corrected chi connectivity index (χ1v) is 8.54. The number of hydrogen-bond donors (Lipinski definition) is 0. The number of hydrogen-bond acceptors (Lipinski definition) is 4. The van der Waals surface area contributed by atoms with E-state index in [-0.39, 0.29) is 18.9 Å². The standard InChI is InChI=1S/C12H14FNO3S2/c1-18-11-5-3-2-4-10(11)14-7-9(6-12(14)15)8-19(13,16)17/h2-5,9H,6-8H2,1H3. The molecule has 104 valence electrons. The van der Waals surface area contributed by atoms with Crippen LogP contribution in [-0.4, -0.2) is 32.9 Å². The van der Waals surface area contributed by atoms with Crippen molar-refractivity contribution in [3.05, 3.63) is 24.3 Å². The molecular formula is C12H14FNO3S2. The van der Waals surface area contributed by atoms with Crippen molar-refractivity contribution >= 4 is 33.6 Å². The number of para-hydroxylation sites is 1. The number of benzene rings is 1. The first kappa shape index (κ1) is 14.3. The molecule has 0 bridgehead atoms. The zero-order chi connectivity index (χ0) is 14.0. The monoisotopic (exact) mass is 303 g/mol. The molecule has 0 aliphatic carbocycles. The molecule has 4 nitrogen and oxygen atoms in total. The third-order valence-electron chi connectivity index (χ3n) is 3.02. The fraction of sp³-hybridized carbons (Fsp3) is 0.417. The average Bonchev–Trinajstić information content (AvgIpc) is 2.67. The first-order chi connectivity index (χ1) is 8.90. The molecule has 0 aromatic heterocycles. The Bertz CT molecular complexity index is 588. The molecule has 1 aromatic rings. The lowest BCUT2D eigenvalue weighted by atomic mass is 10.1. The van der Waals surface area contributed by atoms with E-state index in [4.69, 9.17) is 0 Å².